The Hall–Kier alpha value is -1.47. The zero-order valence-electron chi connectivity index (χ0n) is 11.4. The number of rotatable bonds is 4. The van der Waals surface area contributed by atoms with Crippen LogP contribution in [0.25, 0.3) is 0 Å². The summed E-state index contributed by atoms with van der Waals surface area (Å²) in [5.74, 6) is 0.437. The predicted octanol–water partition coefficient (Wildman–Crippen LogP) is 3.05. The summed E-state index contributed by atoms with van der Waals surface area (Å²) in [6.45, 7) is 6.15. The molecule has 108 valence electrons. The molecule has 8 heteroatoms. The molecule has 0 atom stereocenters. The van der Waals surface area contributed by atoms with E-state index in [1.165, 1.54) is 11.3 Å². The van der Waals surface area contributed by atoms with Crippen molar-refractivity contribution in [3.63, 3.8) is 0 Å². The summed E-state index contributed by atoms with van der Waals surface area (Å²) >= 11 is 7.01. The third-order valence-electron chi connectivity index (χ3n) is 2.44. The lowest BCUT2D eigenvalue weighted by Gasteiger charge is -2.12. The fourth-order valence-corrected chi connectivity index (χ4v) is 2.37. The zero-order chi connectivity index (χ0) is 14.8. The van der Waals surface area contributed by atoms with Crippen LogP contribution in [0.3, 0.4) is 0 Å². The van der Waals surface area contributed by atoms with Crippen LogP contribution in [-0.4, -0.2) is 21.3 Å². The van der Waals surface area contributed by atoms with Gasteiger partial charge in [-0.15, -0.1) is 10.2 Å². The van der Waals surface area contributed by atoms with E-state index in [1.54, 1.807) is 6.07 Å². The lowest BCUT2D eigenvalue weighted by molar-refractivity contribution is -0.116. The average Bonchev–Trinajstić information content (AvgIpc) is 2.95. The van der Waals surface area contributed by atoms with Gasteiger partial charge in [0.15, 0.2) is 5.15 Å². The Morgan fingerprint density at radius 3 is 2.75 bits per heavy atom. The fraction of sp³-hybridized carbons (Fsp3) is 0.500. The number of hydrogen-bond donors (Lipinski definition) is 1. The van der Waals surface area contributed by atoms with Crippen molar-refractivity contribution < 1.29 is 9.32 Å². The number of anilines is 1. The highest BCUT2D eigenvalue weighted by Gasteiger charge is 2.20. The SMILES string of the molecule is CC(C)(C)c1nnc(NC(=O)CCc2cc(Cl)no2)s1. The Balaban J connectivity index is 1.87. The van der Waals surface area contributed by atoms with Crippen LogP contribution in [-0.2, 0) is 16.6 Å². The summed E-state index contributed by atoms with van der Waals surface area (Å²) in [7, 11) is 0. The lowest BCUT2D eigenvalue weighted by Crippen LogP contribution is -2.12. The first-order chi connectivity index (χ1) is 9.34. The van der Waals surface area contributed by atoms with Crippen LogP contribution in [0, 0.1) is 0 Å². The maximum absolute atomic E-state index is 11.8. The molecule has 0 radical (unpaired) electrons. The molecule has 0 aliphatic rings. The largest absolute Gasteiger partial charge is 0.360 e. The highest BCUT2D eigenvalue weighted by molar-refractivity contribution is 7.15. The van der Waals surface area contributed by atoms with Crippen molar-refractivity contribution in [2.24, 2.45) is 0 Å². The van der Waals surface area contributed by atoms with Crippen molar-refractivity contribution in [3.8, 4) is 0 Å². The number of nitrogens with one attached hydrogen (secondary N) is 1. The summed E-state index contributed by atoms with van der Waals surface area (Å²) < 4.78 is 4.93. The van der Waals surface area contributed by atoms with Crippen molar-refractivity contribution >= 4 is 34.0 Å². The molecule has 0 spiro atoms. The van der Waals surface area contributed by atoms with Crippen LogP contribution < -0.4 is 5.32 Å². The van der Waals surface area contributed by atoms with Gasteiger partial charge in [0.2, 0.25) is 11.0 Å². The van der Waals surface area contributed by atoms with Crippen molar-refractivity contribution in [1.82, 2.24) is 15.4 Å². The van der Waals surface area contributed by atoms with Gasteiger partial charge < -0.3 is 9.84 Å². The van der Waals surface area contributed by atoms with Crippen LogP contribution in [0.15, 0.2) is 10.6 Å². The van der Waals surface area contributed by atoms with Gasteiger partial charge in [-0.1, -0.05) is 48.9 Å². The minimum Gasteiger partial charge on any atom is -0.360 e. The highest BCUT2D eigenvalue weighted by atomic mass is 35.5. The second-order valence-electron chi connectivity index (χ2n) is 5.33. The zero-order valence-corrected chi connectivity index (χ0v) is 13.0. The standard InChI is InChI=1S/C12H15ClN4O2S/c1-12(2,3)10-15-16-11(20-10)14-9(18)5-4-7-6-8(13)17-19-7/h6H,4-5H2,1-3H3,(H,14,16,18). The van der Waals surface area contributed by atoms with Crippen molar-refractivity contribution in [1.29, 1.82) is 0 Å². The maximum Gasteiger partial charge on any atom is 0.226 e. The normalized spacial score (nSPS) is 11.6. The minimum atomic E-state index is -0.144. The van der Waals surface area contributed by atoms with Gasteiger partial charge >= 0.3 is 0 Å². The van der Waals surface area contributed by atoms with Crippen molar-refractivity contribution in [3.05, 3.63) is 22.0 Å². The van der Waals surface area contributed by atoms with Gasteiger partial charge in [0.05, 0.1) is 0 Å². The molecule has 1 amide bonds. The monoisotopic (exact) mass is 314 g/mol. The number of carbonyl (C=O) groups is 1. The molecule has 0 aromatic carbocycles. The first kappa shape index (κ1) is 14.9. The van der Waals surface area contributed by atoms with E-state index in [4.69, 9.17) is 16.1 Å². The molecule has 2 aromatic rings. The van der Waals surface area contributed by atoms with Gasteiger partial charge in [0.1, 0.15) is 10.8 Å². The first-order valence-corrected chi connectivity index (χ1v) is 7.29. The van der Waals surface area contributed by atoms with Crippen LogP contribution in [0.1, 0.15) is 38.0 Å². The number of aryl methyl sites for hydroxylation is 1. The molecule has 2 rings (SSSR count). The average molecular weight is 315 g/mol. The van der Waals surface area contributed by atoms with Crippen LogP contribution in [0.5, 0.6) is 0 Å². The molecule has 0 bridgehead atoms. The maximum atomic E-state index is 11.8. The lowest BCUT2D eigenvalue weighted by atomic mass is 9.98. The molecular weight excluding hydrogens is 300 g/mol. The van der Waals surface area contributed by atoms with Gasteiger partial charge in [-0.2, -0.15) is 0 Å². The van der Waals surface area contributed by atoms with E-state index in [1.807, 2.05) is 20.8 Å². The number of halogens is 1. The van der Waals surface area contributed by atoms with E-state index in [0.717, 1.165) is 5.01 Å². The molecule has 2 aromatic heterocycles. The van der Waals surface area contributed by atoms with Gasteiger partial charge in [-0.25, -0.2) is 0 Å². The molecule has 0 unspecified atom stereocenters. The Labute approximate surface area is 125 Å². The Morgan fingerprint density at radius 1 is 1.45 bits per heavy atom. The number of aromatic nitrogens is 3. The second kappa shape index (κ2) is 5.88. The summed E-state index contributed by atoms with van der Waals surface area (Å²) in [4.78, 5) is 11.8. The van der Waals surface area contributed by atoms with E-state index in [2.05, 4.69) is 20.7 Å². The van der Waals surface area contributed by atoms with Gasteiger partial charge in [-0.05, 0) is 0 Å². The fourth-order valence-electron chi connectivity index (χ4n) is 1.40. The molecule has 0 aliphatic heterocycles. The first-order valence-electron chi connectivity index (χ1n) is 6.09. The topological polar surface area (TPSA) is 80.9 Å². The van der Waals surface area contributed by atoms with Gasteiger partial charge in [0.25, 0.3) is 0 Å². The van der Waals surface area contributed by atoms with E-state index in [-0.39, 0.29) is 17.7 Å². The summed E-state index contributed by atoms with van der Waals surface area (Å²) in [5, 5.41) is 16.0. The summed E-state index contributed by atoms with van der Waals surface area (Å²) in [6.07, 6.45) is 0.715. The van der Waals surface area contributed by atoms with Crippen molar-refractivity contribution in [2.75, 3.05) is 5.32 Å². The van der Waals surface area contributed by atoms with Gasteiger partial charge in [0, 0.05) is 24.3 Å². The van der Waals surface area contributed by atoms with Gasteiger partial charge in [-0.3, -0.25) is 4.79 Å². The van der Waals surface area contributed by atoms with E-state index in [0.29, 0.717) is 22.5 Å². The van der Waals surface area contributed by atoms with Crippen LogP contribution in [0.2, 0.25) is 5.15 Å². The number of hydrogen-bond acceptors (Lipinski definition) is 6. The molecule has 6 nitrogen and oxygen atoms in total. The smallest absolute Gasteiger partial charge is 0.226 e. The van der Waals surface area contributed by atoms with E-state index >= 15 is 0 Å². The quantitative estimate of drug-likeness (QED) is 0.938. The molecule has 1 N–H and O–H groups in total. The Bertz CT molecular complexity index is 603. The van der Waals surface area contributed by atoms with Crippen LogP contribution in [0.4, 0.5) is 5.13 Å². The third kappa shape index (κ3) is 4.01. The summed E-state index contributed by atoms with van der Waals surface area (Å²) in [5.41, 5.74) is -0.0722. The highest BCUT2D eigenvalue weighted by Crippen LogP contribution is 2.27. The van der Waals surface area contributed by atoms with E-state index in [9.17, 15) is 4.79 Å². The second-order valence-corrected chi connectivity index (χ2v) is 6.69. The number of carbonyl (C=O) groups excluding carboxylic acids is 1. The molecule has 0 saturated carbocycles. The molecule has 0 fully saturated rings. The number of amides is 1. The molecule has 20 heavy (non-hydrogen) atoms. The number of nitrogens with zero attached hydrogens (tertiary/aromatic N) is 3. The van der Waals surface area contributed by atoms with Crippen molar-refractivity contribution in [2.45, 2.75) is 39.0 Å². The Morgan fingerprint density at radius 2 is 2.20 bits per heavy atom. The minimum absolute atomic E-state index is 0.0722. The van der Waals surface area contributed by atoms with Crippen LogP contribution >= 0.6 is 22.9 Å². The van der Waals surface area contributed by atoms with E-state index < -0.39 is 0 Å². The Kier molecular flexibility index (Phi) is 4.39. The molecule has 0 saturated heterocycles. The molecule has 2 heterocycles. The molecule has 0 aliphatic carbocycles. The molecular formula is C12H15ClN4O2S. The predicted molar refractivity (Wildman–Crippen MR) is 77.1 cm³/mol. The summed E-state index contributed by atoms with van der Waals surface area (Å²) in [6, 6.07) is 1.59. The third-order valence-corrected chi connectivity index (χ3v) is 3.88.